The minimum atomic E-state index is -1.12. The Morgan fingerprint density at radius 3 is 2.66 bits per heavy atom. The summed E-state index contributed by atoms with van der Waals surface area (Å²) >= 11 is 7.05. The molecule has 164 valence electrons. The fraction of sp³-hybridized carbons (Fsp3) is 0.0952. The number of carbonyl (C=O) groups is 1. The number of anilines is 2. The first kappa shape index (κ1) is 21.6. The van der Waals surface area contributed by atoms with Crippen LogP contribution in [0, 0.1) is 5.82 Å². The van der Waals surface area contributed by atoms with Gasteiger partial charge in [0.25, 0.3) is 5.56 Å². The zero-order valence-electron chi connectivity index (χ0n) is 16.5. The maximum absolute atomic E-state index is 14.2. The molecule has 11 heteroatoms. The molecule has 0 amide bonds. The predicted molar refractivity (Wildman–Crippen MR) is 123 cm³/mol. The number of nitrogens with zero attached hydrogens (tertiary/aromatic N) is 1. The maximum Gasteiger partial charge on any atom is 0.333 e. The first-order chi connectivity index (χ1) is 15.3. The molecule has 0 saturated heterocycles. The van der Waals surface area contributed by atoms with E-state index < -0.39 is 29.1 Å². The van der Waals surface area contributed by atoms with Gasteiger partial charge in [0, 0.05) is 17.6 Å². The van der Waals surface area contributed by atoms with E-state index in [0.29, 0.717) is 14.9 Å². The molecule has 1 unspecified atom stereocenters. The molecule has 4 aromatic rings. The molecular formula is C21H16ClFN4O4S. The topological polar surface area (TPSA) is 116 Å². The molecule has 2 heterocycles. The molecule has 2 aromatic carbocycles. The Balaban J connectivity index is 1.78. The van der Waals surface area contributed by atoms with Gasteiger partial charge >= 0.3 is 11.7 Å². The van der Waals surface area contributed by atoms with E-state index in [4.69, 9.17) is 11.6 Å². The highest BCUT2D eigenvalue weighted by molar-refractivity contribution is 7.16. The Kier molecular flexibility index (Phi) is 5.72. The normalized spacial score (nSPS) is 12.0. The van der Waals surface area contributed by atoms with Crippen molar-refractivity contribution in [1.29, 1.82) is 0 Å². The van der Waals surface area contributed by atoms with Gasteiger partial charge in [-0.3, -0.25) is 4.79 Å². The highest BCUT2D eigenvalue weighted by Gasteiger charge is 2.22. The number of nitrogens with one attached hydrogen (secondary N) is 3. The average molecular weight is 475 g/mol. The van der Waals surface area contributed by atoms with Crippen molar-refractivity contribution in [2.45, 2.75) is 6.04 Å². The Hall–Kier alpha value is -3.63. The Morgan fingerprint density at radius 1 is 1.22 bits per heavy atom. The van der Waals surface area contributed by atoms with Crippen LogP contribution in [0.1, 0.15) is 10.9 Å². The van der Waals surface area contributed by atoms with Gasteiger partial charge in [-0.1, -0.05) is 17.7 Å². The van der Waals surface area contributed by atoms with Crippen molar-refractivity contribution in [3.8, 4) is 5.69 Å². The van der Waals surface area contributed by atoms with E-state index in [1.54, 1.807) is 24.3 Å². The van der Waals surface area contributed by atoms with Crippen LogP contribution in [0.4, 0.5) is 15.8 Å². The molecule has 0 spiro atoms. The number of thiophene rings is 1. The number of aliphatic carboxylic acids is 1. The van der Waals surface area contributed by atoms with E-state index in [-0.39, 0.29) is 22.3 Å². The number of rotatable bonds is 6. The van der Waals surface area contributed by atoms with Gasteiger partial charge in [-0.25, -0.2) is 18.5 Å². The lowest BCUT2D eigenvalue weighted by atomic mass is 10.2. The second-order valence-electron chi connectivity index (χ2n) is 6.81. The molecule has 8 nitrogen and oxygen atoms in total. The highest BCUT2D eigenvalue weighted by atomic mass is 35.5. The van der Waals surface area contributed by atoms with Gasteiger partial charge < -0.3 is 20.7 Å². The number of aromatic amines is 1. The summed E-state index contributed by atoms with van der Waals surface area (Å²) in [5.41, 5.74) is -0.533. The van der Waals surface area contributed by atoms with E-state index >= 15 is 0 Å². The molecule has 0 aliphatic rings. The van der Waals surface area contributed by atoms with Gasteiger partial charge in [0.15, 0.2) is 6.04 Å². The van der Waals surface area contributed by atoms with Gasteiger partial charge in [-0.2, -0.15) is 0 Å². The fourth-order valence-corrected chi connectivity index (χ4v) is 4.41. The summed E-state index contributed by atoms with van der Waals surface area (Å²) in [7, 11) is 1.52. The summed E-state index contributed by atoms with van der Waals surface area (Å²) in [5, 5.41) is 15.1. The standard InChI is InChI=1S/C21H16ClFN4O4S/c1-24-15-9-14-12(8-13(15)23)19(28)27(21(31)26-14)11-4-2-3-10(7-11)25-18(20(29)30)16-5-6-17(22)32-16/h2-9,18,24-25H,1H3,(H,26,31)(H,29,30). The minimum Gasteiger partial charge on any atom is -0.479 e. The average Bonchev–Trinajstić information content (AvgIpc) is 3.18. The lowest BCUT2D eigenvalue weighted by molar-refractivity contribution is -0.138. The summed E-state index contributed by atoms with van der Waals surface area (Å²) in [4.78, 5) is 40.5. The predicted octanol–water partition coefficient (Wildman–Crippen LogP) is 3.81. The molecule has 0 radical (unpaired) electrons. The number of hydrogen-bond donors (Lipinski definition) is 4. The zero-order valence-corrected chi connectivity index (χ0v) is 18.1. The molecule has 0 bridgehead atoms. The number of hydrogen-bond acceptors (Lipinski definition) is 6. The van der Waals surface area contributed by atoms with Gasteiger partial charge in [0.2, 0.25) is 0 Å². The van der Waals surface area contributed by atoms with Crippen LogP contribution < -0.4 is 21.9 Å². The molecule has 0 saturated carbocycles. The second-order valence-corrected chi connectivity index (χ2v) is 8.55. The highest BCUT2D eigenvalue weighted by Crippen LogP contribution is 2.30. The smallest absolute Gasteiger partial charge is 0.333 e. The lowest BCUT2D eigenvalue weighted by Gasteiger charge is -2.15. The molecule has 4 rings (SSSR count). The van der Waals surface area contributed by atoms with Crippen LogP contribution >= 0.6 is 22.9 Å². The van der Waals surface area contributed by atoms with Crippen LogP contribution in [0.3, 0.4) is 0 Å². The fourth-order valence-electron chi connectivity index (χ4n) is 3.30. The van der Waals surface area contributed by atoms with Gasteiger partial charge in [-0.05, 0) is 42.5 Å². The quantitative estimate of drug-likeness (QED) is 0.337. The van der Waals surface area contributed by atoms with Crippen LogP contribution in [0.2, 0.25) is 4.34 Å². The third kappa shape index (κ3) is 3.97. The van der Waals surface area contributed by atoms with E-state index in [1.807, 2.05) is 0 Å². The van der Waals surface area contributed by atoms with Crippen molar-refractivity contribution in [3.63, 3.8) is 0 Å². The SMILES string of the molecule is CNc1cc2[nH]c(=O)n(-c3cccc(NC(C(=O)O)c4ccc(Cl)s4)c3)c(=O)c2cc1F. The van der Waals surface area contributed by atoms with Crippen LogP contribution in [0.25, 0.3) is 16.6 Å². The minimum absolute atomic E-state index is 0.00361. The molecule has 32 heavy (non-hydrogen) atoms. The second kappa shape index (κ2) is 8.48. The number of H-pyrrole nitrogens is 1. The van der Waals surface area contributed by atoms with Crippen molar-refractivity contribution in [2.24, 2.45) is 0 Å². The monoisotopic (exact) mass is 474 g/mol. The van der Waals surface area contributed by atoms with E-state index in [9.17, 15) is 23.9 Å². The third-order valence-corrected chi connectivity index (χ3v) is 6.09. The zero-order chi connectivity index (χ0) is 23.0. The Bertz CT molecular complexity index is 1460. The van der Waals surface area contributed by atoms with Crippen LogP contribution in [0.15, 0.2) is 58.1 Å². The molecule has 0 aliphatic carbocycles. The number of benzene rings is 2. The van der Waals surface area contributed by atoms with Crippen molar-refractivity contribution in [3.05, 3.63) is 84.4 Å². The van der Waals surface area contributed by atoms with Crippen LogP contribution in [-0.2, 0) is 4.79 Å². The van der Waals surface area contributed by atoms with Crippen molar-refractivity contribution < 1.29 is 14.3 Å². The molecular weight excluding hydrogens is 459 g/mol. The summed E-state index contributed by atoms with van der Waals surface area (Å²) in [6, 6.07) is 10.7. The van der Waals surface area contributed by atoms with Gasteiger partial charge in [0.05, 0.1) is 26.6 Å². The molecule has 0 fully saturated rings. The van der Waals surface area contributed by atoms with E-state index in [1.165, 1.54) is 25.2 Å². The number of aromatic nitrogens is 2. The molecule has 4 N–H and O–H groups in total. The Morgan fingerprint density at radius 2 is 2.00 bits per heavy atom. The maximum atomic E-state index is 14.2. The molecule has 0 aliphatic heterocycles. The van der Waals surface area contributed by atoms with Crippen molar-refractivity contribution >= 4 is 51.2 Å². The van der Waals surface area contributed by atoms with Crippen LogP contribution in [0.5, 0.6) is 0 Å². The lowest BCUT2D eigenvalue weighted by Crippen LogP contribution is -2.33. The number of fused-ring (bicyclic) bond motifs is 1. The van der Waals surface area contributed by atoms with Gasteiger partial charge in [0.1, 0.15) is 5.82 Å². The molecule has 2 aromatic heterocycles. The Labute approximate surface area is 188 Å². The summed E-state index contributed by atoms with van der Waals surface area (Å²) in [6.07, 6.45) is 0. The first-order valence-corrected chi connectivity index (χ1v) is 10.5. The summed E-state index contributed by atoms with van der Waals surface area (Å²) in [5.74, 6) is -1.75. The third-order valence-electron chi connectivity index (χ3n) is 4.80. The van der Waals surface area contributed by atoms with Crippen molar-refractivity contribution in [1.82, 2.24) is 9.55 Å². The van der Waals surface area contributed by atoms with Gasteiger partial charge in [-0.15, -0.1) is 11.3 Å². The van der Waals surface area contributed by atoms with Crippen molar-refractivity contribution in [2.75, 3.05) is 17.7 Å². The summed E-state index contributed by atoms with van der Waals surface area (Å²) in [6.45, 7) is 0. The molecule has 1 atom stereocenters. The number of carboxylic acids is 1. The largest absolute Gasteiger partial charge is 0.479 e. The van der Waals surface area contributed by atoms with Crippen LogP contribution in [-0.4, -0.2) is 27.7 Å². The summed E-state index contributed by atoms with van der Waals surface area (Å²) < 4.78 is 15.5. The van der Waals surface area contributed by atoms with E-state index in [0.717, 1.165) is 22.0 Å². The number of carboxylic acid groups (broad SMARTS) is 1. The first-order valence-electron chi connectivity index (χ1n) is 9.30. The number of halogens is 2. The van der Waals surface area contributed by atoms with E-state index in [2.05, 4.69) is 15.6 Å².